The van der Waals surface area contributed by atoms with Gasteiger partial charge in [-0.3, -0.25) is 14.4 Å². The Balaban J connectivity index is 1.98. The molecule has 0 aliphatic heterocycles. The summed E-state index contributed by atoms with van der Waals surface area (Å²) in [4.78, 5) is 46.1. The Morgan fingerprint density at radius 1 is 0.210 bits per heavy atom. The summed E-state index contributed by atoms with van der Waals surface area (Å²) in [5.74, 6) is 2.44. The first-order chi connectivity index (χ1) is 51.6. The molecule has 0 spiro atoms. The van der Waals surface area contributed by atoms with Gasteiger partial charge in [0, 0.05) is 72.1 Å². The number of anilines is 3. The lowest BCUT2D eigenvalue weighted by Gasteiger charge is -2.21. The van der Waals surface area contributed by atoms with E-state index in [0.717, 1.165) is 270 Å². The van der Waals surface area contributed by atoms with Crippen LogP contribution in [0.3, 0.4) is 0 Å². The molecule has 0 atom stereocenters. The molecule has 0 bridgehead atoms. The summed E-state index contributed by atoms with van der Waals surface area (Å²) >= 11 is 0. The van der Waals surface area contributed by atoms with Crippen LogP contribution >= 0.6 is 0 Å². The van der Waals surface area contributed by atoms with Crippen molar-refractivity contribution in [1.82, 2.24) is 0 Å². The van der Waals surface area contributed by atoms with Crippen LogP contribution in [0.2, 0.25) is 0 Å². The Morgan fingerprint density at radius 2 is 0.352 bits per heavy atom. The maximum Gasteiger partial charge on any atom is 0.203 e. The van der Waals surface area contributed by atoms with Gasteiger partial charge >= 0.3 is 0 Å². The van der Waals surface area contributed by atoms with Gasteiger partial charge in [-0.2, -0.15) is 0 Å². The summed E-state index contributed by atoms with van der Waals surface area (Å²) < 4.78 is 59.8. The van der Waals surface area contributed by atoms with Gasteiger partial charge < -0.3 is 58.6 Å². The Hall–Kier alpha value is -6.51. The van der Waals surface area contributed by atoms with E-state index < -0.39 is 17.3 Å². The van der Waals surface area contributed by atoms with Crippen molar-refractivity contribution in [3.05, 3.63) is 71.7 Å². The average molecular weight is 1460 g/mol. The molecule has 1 fully saturated rings. The highest BCUT2D eigenvalue weighted by Gasteiger charge is 2.39. The molecule has 1 saturated carbocycles. The Labute approximate surface area is 638 Å². The molecule has 15 nitrogen and oxygen atoms in total. The quantitative estimate of drug-likeness (QED) is 0.0277. The van der Waals surface area contributed by atoms with Gasteiger partial charge in [-0.05, 0) is 57.8 Å². The molecule has 105 heavy (non-hydrogen) atoms. The molecule has 594 valence electrons. The Morgan fingerprint density at radius 3 is 0.505 bits per heavy atom. The highest BCUT2D eigenvalue weighted by Crippen LogP contribution is 2.45. The van der Waals surface area contributed by atoms with Crippen LogP contribution in [0.1, 0.15) is 351 Å². The molecule has 0 amide bonds. The monoisotopic (exact) mass is 1460 g/mol. The first-order valence-electron chi connectivity index (χ1n) is 42.9. The summed E-state index contributed by atoms with van der Waals surface area (Å²) in [6, 6.07) is 11.1. The number of allylic oxidation sites excluding steroid dienone is 3. The van der Waals surface area contributed by atoms with E-state index in [0.29, 0.717) is 128 Å². The third kappa shape index (κ3) is 38.2. The largest absolute Gasteiger partial charge is 0.489 e. The van der Waals surface area contributed by atoms with Crippen molar-refractivity contribution in [2.75, 3.05) is 75.4 Å². The predicted molar refractivity (Wildman–Crippen MR) is 438 cm³/mol. The number of hydrogen-bond donors (Lipinski definition) is 3. The zero-order chi connectivity index (χ0) is 75.4. The van der Waals surface area contributed by atoms with Crippen molar-refractivity contribution in [3.8, 4) is 51.7 Å². The number of benzene rings is 3. The summed E-state index contributed by atoms with van der Waals surface area (Å²) in [6.07, 6.45) is 52.5. The lowest BCUT2D eigenvalue weighted by atomic mass is 9.84. The Bertz CT molecular complexity index is 2440. The molecule has 3 N–H and O–H groups in total. The minimum atomic E-state index is -0.757. The van der Waals surface area contributed by atoms with E-state index >= 15 is 14.4 Å². The van der Waals surface area contributed by atoms with E-state index in [-0.39, 0.29) is 16.7 Å². The lowest BCUT2D eigenvalue weighted by Crippen LogP contribution is -2.33. The van der Waals surface area contributed by atoms with Crippen LogP contribution in [0.5, 0.6) is 51.7 Å². The third-order valence-corrected chi connectivity index (χ3v) is 19.2. The molecule has 0 heterocycles. The summed E-state index contributed by atoms with van der Waals surface area (Å²) in [6.45, 7) is 24.3. The zero-order valence-corrected chi connectivity index (χ0v) is 67.8. The number of rotatable bonds is 69. The summed E-state index contributed by atoms with van der Waals surface area (Å²) in [5, 5.41) is 10.0. The fourth-order valence-corrected chi connectivity index (χ4v) is 12.6. The van der Waals surface area contributed by atoms with Crippen molar-refractivity contribution < 1.29 is 57.0 Å². The van der Waals surface area contributed by atoms with Crippen LogP contribution in [0.25, 0.3) is 0 Å². The van der Waals surface area contributed by atoms with Crippen LogP contribution < -0.4 is 58.6 Å². The number of unbranched alkanes of at least 4 members (excludes halogenated alkanes) is 36. The number of carbonyl (C=O) groups excluding carboxylic acids is 3. The molecule has 4 rings (SSSR count). The third-order valence-electron chi connectivity index (χ3n) is 19.2. The van der Waals surface area contributed by atoms with Gasteiger partial charge in [-0.25, -0.2) is 0 Å². The summed E-state index contributed by atoms with van der Waals surface area (Å²) in [5.41, 5.74) is 0.809. The van der Waals surface area contributed by atoms with E-state index in [9.17, 15) is 0 Å². The second-order valence-corrected chi connectivity index (χ2v) is 28.9. The van der Waals surface area contributed by atoms with Gasteiger partial charge in [-0.1, -0.05) is 293 Å². The first-order valence-corrected chi connectivity index (χ1v) is 42.9. The molecular formula is C90H147N3O12. The molecule has 0 aromatic heterocycles. The van der Waals surface area contributed by atoms with E-state index in [1.54, 1.807) is 0 Å². The van der Waals surface area contributed by atoms with E-state index in [1.165, 1.54) is 37.9 Å². The summed E-state index contributed by atoms with van der Waals surface area (Å²) in [7, 11) is 0. The molecule has 0 saturated heterocycles. The van der Waals surface area contributed by atoms with Gasteiger partial charge in [0.05, 0.1) is 76.2 Å². The Kier molecular flexibility index (Phi) is 52.4. The van der Waals surface area contributed by atoms with Crippen molar-refractivity contribution in [1.29, 1.82) is 0 Å². The highest BCUT2D eigenvalue weighted by atomic mass is 16.6. The number of carbonyl (C=O) groups is 3. The van der Waals surface area contributed by atoms with E-state index in [1.807, 2.05) is 36.4 Å². The molecular weight excluding hydrogens is 1310 g/mol. The van der Waals surface area contributed by atoms with Gasteiger partial charge in [0.1, 0.15) is 0 Å². The number of hydrogen-bond acceptors (Lipinski definition) is 15. The molecule has 1 aliphatic carbocycles. The fourth-order valence-electron chi connectivity index (χ4n) is 12.6. The molecule has 15 heteroatoms. The van der Waals surface area contributed by atoms with E-state index in [4.69, 9.17) is 42.6 Å². The topological polar surface area (TPSA) is 170 Å². The maximum absolute atomic E-state index is 15.4. The number of ketones is 3. The van der Waals surface area contributed by atoms with Crippen molar-refractivity contribution in [2.45, 2.75) is 351 Å². The van der Waals surface area contributed by atoms with Gasteiger partial charge in [0.25, 0.3) is 0 Å². The van der Waals surface area contributed by atoms with Crippen LogP contribution in [0, 0.1) is 0 Å². The fraction of sp³-hybridized carbons (Fsp3) is 0.700. The van der Waals surface area contributed by atoms with Crippen LogP contribution in [-0.4, -0.2) is 76.8 Å². The smallest absolute Gasteiger partial charge is 0.203 e. The van der Waals surface area contributed by atoms with Gasteiger partial charge in [0.15, 0.2) is 34.5 Å². The maximum atomic E-state index is 15.4. The standard InChI is InChI=1S/C90H147N3O12/c1-10-19-28-37-46-55-97-79-64-73(65-80(98-56-47-38-29-20-11-2)88(79)103-61-52-43-34-25-16-7)91-70-76-85(94)77(71-92-74-66-81(99-57-48-39-30-21-12-3)89(104-62-53-44-35-26-17-8)82(67-74)100-58-49-40-31-22-13-4)87(96)78(86(76)95)72-93-75-68-83(101-59-50-41-32-23-14-5)90(105-63-54-45-36-27-18-9)84(69-75)102-60-51-42-33-24-15-6/h64-72,91-93H,10-63H2,1-9H3. The van der Waals surface area contributed by atoms with Crippen molar-refractivity contribution in [2.24, 2.45) is 0 Å². The molecule has 0 unspecified atom stereocenters. The second-order valence-electron chi connectivity index (χ2n) is 28.9. The van der Waals surface area contributed by atoms with Crippen LogP contribution in [0.15, 0.2) is 71.7 Å². The molecule has 0 radical (unpaired) electrons. The second kappa shape index (κ2) is 60.5. The van der Waals surface area contributed by atoms with Crippen molar-refractivity contribution >= 4 is 34.4 Å². The SMILES string of the molecule is CCCCCCCOc1cc(NC=C2C(=O)C(=CNc3cc(OCCCCCCC)c(OCCCCCCC)c(OCCCCCCC)c3)C(=O)C(=CNc3cc(OCCCCCCC)c(OCCCCCCC)c(OCCCCCCC)c3)C2=O)cc(OCCCCCCC)c1OCCCCCCC. The minimum Gasteiger partial charge on any atom is -0.489 e. The van der Waals surface area contributed by atoms with E-state index in [2.05, 4.69) is 78.3 Å². The first kappa shape index (κ1) is 90.9. The zero-order valence-electron chi connectivity index (χ0n) is 67.8. The number of ether oxygens (including phenoxy) is 9. The van der Waals surface area contributed by atoms with Crippen LogP contribution in [0.4, 0.5) is 17.1 Å². The molecule has 1 aliphatic rings. The number of Topliss-reactive ketones (excluding diaryl/α,β-unsaturated/α-hetero) is 3. The molecule has 3 aromatic rings. The minimum absolute atomic E-state index is 0.247. The van der Waals surface area contributed by atoms with Crippen LogP contribution in [-0.2, 0) is 14.4 Å². The molecule has 3 aromatic carbocycles. The predicted octanol–water partition coefficient (Wildman–Crippen LogP) is 25.8. The van der Waals surface area contributed by atoms with Gasteiger partial charge in [-0.15, -0.1) is 0 Å². The normalized spacial score (nSPS) is 12.2. The highest BCUT2D eigenvalue weighted by molar-refractivity contribution is 6.51. The lowest BCUT2D eigenvalue weighted by molar-refractivity contribution is -0.124. The van der Waals surface area contributed by atoms with Crippen molar-refractivity contribution in [3.63, 3.8) is 0 Å². The number of nitrogens with one attached hydrogen (secondary N) is 3. The average Bonchev–Trinajstić information content (AvgIpc) is 0.788. The van der Waals surface area contributed by atoms with Gasteiger partial charge in [0.2, 0.25) is 34.6 Å².